The normalized spacial score (nSPS) is 12.5. The largest absolute Gasteiger partial charge is 0.493 e. The lowest BCUT2D eigenvalue weighted by Crippen LogP contribution is -2.28. The first kappa shape index (κ1) is 18.1. The molecular weight excluding hydrogens is 288 g/mol. The van der Waals surface area contributed by atoms with Crippen LogP contribution in [-0.4, -0.2) is 37.6 Å². The van der Waals surface area contributed by atoms with Gasteiger partial charge in [-0.2, -0.15) is 0 Å². The lowest BCUT2D eigenvalue weighted by atomic mass is 10.1. The van der Waals surface area contributed by atoms with Crippen LogP contribution in [0.15, 0.2) is 12.1 Å². The summed E-state index contributed by atoms with van der Waals surface area (Å²) >= 11 is 0. The highest BCUT2D eigenvalue weighted by Gasteiger charge is 2.21. The van der Waals surface area contributed by atoms with E-state index in [9.17, 15) is 9.90 Å². The van der Waals surface area contributed by atoms with Crippen molar-refractivity contribution in [2.24, 2.45) is 5.73 Å². The number of rotatable bonds is 5. The van der Waals surface area contributed by atoms with Crippen LogP contribution in [0, 0.1) is 0 Å². The molecule has 0 aliphatic carbocycles. The maximum atomic E-state index is 11.9. The molecule has 0 aliphatic rings. The van der Waals surface area contributed by atoms with E-state index < -0.39 is 17.8 Å². The van der Waals surface area contributed by atoms with Crippen molar-refractivity contribution in [1.29, 1.82) is 0 Å². The second-order valence-corrected chi connectivity index (χ2v) is 5.67. The number of hydrogen-bond donors (Lipinski definition) is 3. The molecule has 1 rings (SSSR count). The summed E-state index contributed by atoms with van der Waals surface area (Å²) in [6.45, 7) is 5.28. The van der Waals surface area contributed by atoms with E-state index in [0.29, 0.717) is 22.7 Å². The van der Waals surface area contributed by atoms with Crippen LogP contribution in [0.2, 0.25) is 0 Å². The molecule has 0 spiro atoms. The molecule has 7 nitrogen and oxygen atoms in total. The number of aliphatic hydroxyl groups excluding tert-OH is 1. The number of carbonyl (C=O) groups is 1. The molecule has 0 saturated carbocycles. The lowest BCUT2D eigenvalue weighted by Gasteiger charge is -2.22. The maximum Gasteiger partial charge on any atom is 0.412 e. The quantitative estimate of drug-likeness (QED) is 0.769. The number of carbonyl (C=O) groups excluding carboxylic acids is 1. The fourth-order valence-electron chi connectivity index (χ4n) is 1.82. The molecule has 0 aromatic heterocycles. The summed E-state index contributed by atoms with van der Waals surface area (Å²) in [5, 5.41) is 12.6. The maximum absolute atomic E-state index is 11.9. The molecule has 4 N–H and O–H groups in total. The van der Waals surface area contributed by atoms with Crippen LogP contribution in [0.5, 0.6) is 11.5 Å². The highest BCUT2D eigenvalue weighted by atomic mass is 16.6. The Morgan fingerprint density at radius 1 is 1.27 bits per heavy atom. The molecule has 7 heteroatoms. The monoisotopic (exact) mass is 312 g/mol. The second-order valence-electron chi connectivity index (χ2n) is 5.67. The van der Waals surface area contributed by atoms with Crippen molar-refractivity contribution in [3.05, 3.63) is 17.7 Å². The molecule has 0 heterocycles. The smallest absolute Gasteiger partial charge is 0.412 e. The lowest BCUT2D eigenvalue weighted by molar-refractivity contribution is 0.0635. The molecule has 1 aromatic carbocycles. The van der Waals surface area contributed by atoms with Gasteiger partial charge >= 0.3 is 6.09 Å². The Hall–Kier alpha value is -1.99. The summed E-state index contributed by atoms with van der Waals surface area (Å²) in [5.41, 5.74) is 5.64. The molecule has 22 heavy (non-hydrogen) atoms. The zero-order valence-electron chi connectivity index (χ0n) is 13.6. The summed E-state index contributed by atoms with van der Waals surface area (Å²) in [7, 11) is 2.96. The molecule has 0 saturated heterocycles. The van der Waals surface area contributed by atoms with Crippen LogP contribution in [0.4, 0.5) is 10.5 Å². The molecule has 0 fully saturated rings. The SMILES string of the molecule is COc1cc(NC(=O)OC(C)(C)C)c([C@@H](O)CN)cc1OC. The van der Waals surface area contributed by atoms with E-state index in [-0.39, 0.29) is 6.54 Å². The summed E-state index contributed by atoms with van der Waals surface area (Å²) in [6.07, 6.45) is -1.59. The van der Waals surface area contributed by atoms with Gasteiger partial charge in [-0.15, -0.1) is 0 Å². The number of nitrogens with two attached hydrogens (primary N) is 1. The van der Waals surface area contributed by atoms with Crippen LogP contribution in [0.3, 0.4) is 0 Å². The van der Waals surface area contributed by atoms with Crippen LogP contribution in [-0.2, 0) is 4.74 Å². The van der Waals surface area contributed by atoms with Crippen LogP contribution in [0.25, 0.3) is 0 Å². The van der Waals surface area contributed by atoms with Crippen molar-refractivity contribution in [3.8, 4) is 11.5 Å². The molecule has 1 atom stereocenters. The fourth-order valence-corrected chi connectivity index (χ4v) is 1.82. The predicted molar refractivity (Wildman–Crippen MR) is 83.4 cm³/mol. The van der Waals surface area contributed by atoms with Gasteiger partial charge in [-0.05, 0) is 26.8 Å². The van der Waals surface area contributed by atoms with Gasteiger partial charge in [0.1, 0.15) is 5.60 Å². The molecule has 0 unspecified atom stereocenters. The van der Waals surface area contributed by atoms with E-state index in [1.54, 1.807) is 32.9 Å². The van der Waals surface area contributed by atoms with E-state index in [1.165, 1.54) is 14.2 Å². The summed E-state index contributed by atoms with van der Waals surface area (Å²) in [5.74, 6) is 0.848. The Labute approximate surface area is 130 Å². The third-order valence-electron chi connectivity index (χ3n) is 2.77. The number of ether oxygens (including phenoxy) is 3. The standard InChI is InChI=1S/C15H24N2O5/c1-15(2,3)22-14(19)17-10-7-13(21-5)12(20-4)6-9(10)11(18)8-16/h6-7,11,18H,8,16H2,1-5H3,(H,17,19)/t11-/m0/s1. The Morgan fingerprint density at radius 2 is 1.82 bits per heavy atom. The van der Waals surface area contributed by atoms with Crippen molar-refractivity contribution >= 4 is 11.8 Å². The van der Waals surface area contributed by atoms with Gasteiger partial charge in [-0.25, -0.2) is 4.79 Å². The van der Waals surface area contributed by atoms with Gasteiger partial charge in [-0.1, -0.05) is 0 Å². The van der Waals surface area contributed by atoms with E-state index in [0.717, 1.165) is 0 Å². The van der Waals surface area contributed by atoms with Crippen molar-refractivity contribution < 1.29 is 24.1 Å². The van der Waals surface area contributed by atoms with Gasteiger partial charge in [0.15, 0.2) is 11.5 Å². The summed E-state index contributed by atoms with van der Waals surface area (Å²) < 4.78 is 15.6. The van der Waals surface area contributed by atoms with Gasteiger partial charge in [-0.3, -0.25) is 5.32 Å². The first-order valence-corrected chi connectivity index (χ1v) is 6.86. The van der Waals surface area contributed by atoms with Gasteiger partial charge in [0.05, 0.1) is 26.0 Å². The number of aliphatic hydroxyl groups is 1. The number of nitrogens with one attached hydrogen (secondary N) is 1. The van der Waals surface area contributed by atoms with Crippen molar-refractivity contribution in [2.45, 2.75) is 32.5 Å². The van der Waals surface area contributed by atoms with E-state index in [2.05, 4.69) is 5.32 Å². The number of benzene rings is 1. The highest BCUT2D eigenvalue weighted by Crippen LogP contribution is 2.36. The van der Waals surface area contributed by atoms with Crippen molar-refractivity contribution in [3.63, 3.8) is 0 Å². The van der Waals surface area contributed by atoms with Crippen molar-refractivity contribution in [1.82, 2.24) is 0 Å². The minimum Gasteiger partial charge on any atom is -0.493 e. The molecule has 0 aliphatic heterocycles. The summed E-state index contributed by atoms with van der Waals surface area (Å²) in [6, 6.07) is 3.13. The molecule has 1 aromatic rings. The third-order valence-corrected chi connectivity index (χ3v) is 2.77. The minimum absolute atomic E-state index is 0.00151. The Morgan fingerprint density at radius 3 is 2.27 bits per heavy atom. The summed E-state index contributed by atoms with van der Waals surface area (Å²) in [4.78, 5) is 11.9. The van der Waals surface area contributed by atoms with E-state index in [1.807, 2.05) is 0 Å². The van der Waals surface area contributed by atoms with Gasteiger partial charge in [0.2, 0.25) is 0 Å². The zero-order valence-corrected chi connectivity index (χ0v) is 13.6. The fraction of sp³-hybridized carbons (Fsp3) is 0.533. The topological polar surface area (TPSA) is 103 Å². The van der Waals surface area contributed by atoms with Crippen molar-refractivity contribution in [2.75, 3.05) is 26.1 Å². The Kier molecular flexibility index (Phi) is 6.01. The number of anilines is 1. The molecular formula is C15H24N2O5. The molecule has 0 radical (unpaired) electrons. The van der Waals surface area contributed by atoms with E-state index >= 15 is 0 Å². The van der Waals surface area contributed by atoms with Crippen LogP contribution >= 0.6 is 0 Å². The van der Waals surface area contributed by atoms with E-state index in [4.69, 9.17) is 19.9 Å². The second kappa shape index (κ2) is 7.33. The highest BCUT2D eigenvalue weighted by molar-refractivity contribution is 5.87. The predicted octanol–water partition coefficient (Wildman–Crippen LogP) is 2.04. The number of amides is 1. The number of methoxy groups -OCH3 is 2. The first-order chi connectivity index (χ1) is 10.2. The first-order valence-electron chi connectivity index (χ1n) is 6.86. The Balaban J connectivity index is 3.17. The van der Waals surface area contributed by atoms with Gasteiger partial charge in [0, 0.05) is 18.2 Å². The molecule has 0 bridgehead atoms. The van der Waals surface area contributed by atoms with Crippen LogP contribution < -0.4 is 20.5 Å². The molecule has 124 valence electrons. The average Bonchev–Trinajstić information content (AvgIpc) is 2.43. The third kappa shape index (κ3) is 4.78. The number of hydrogen-bond acceptors (Lipinski definition) is 6. The van der Waals surface area contributed by atoms with Gasteiger partial charge in [0.25, 0.3) is 0 Å². The van der Waals surface area contributed by atoms with Crippen LogP contribution in [0.1, 0.15) is 32.4 Å². The zero-order chi connectivity index (χ0) is 16.9. The minimum atomic E-state index is -0.954. The average molecular weight is 312 g/mol. The molecule has 1 amide bonds. The van der Waals surface area contributed by atoms with Gasteiger partial charge < -0.3 is 25.1 Å². The Bertz CT molecular complexity index is 525.